The van der Waals surface area contributed by atoms with Crippen LogP contribution in [0.1, 0.15) is 36.4 Å². The van der Waals surface area contributed by atoms with Gasteiger partial charge in [-0.25, -0.2) is 9.97 Å². The molecule has 2 aromatic rings. The summed E-state index contributed by atoms with van der Waals surface area (Å²) in [5, 5.41) is 6.85. The van der Waals surface area contributed by atoms with Gasteiger partial charge < -0.3 is 15.1 Å². The standard InChI is InChI=1S/C18H26N6S/c1-14-12-16(22-18(21-14)24-7-2-3-8-24)23-9-4-15(5-10-23)20-13-17-19-6-11-25-17/h6,11-12,15,20H,2-5,7-10,13H2,1H3. The Hall–Kier alpha value is -1.73. The molecule has 4 heterocycles. The molecule has 1 N–H and O–H groups in total. The van der Waals surface area contributed by atoms with Crippen molar-refractivity contribution in [3.8, 4) is 0 Å². The number of nitrogens with zero attached hydrogens (tertiary/aromatic N) is 5. The van der Waals surface area contributed by atoms with E-state index in [9.17, 15) is 0 Å². The fourth-order valence-electron chi connectivity index (χ4n) is 3.64. The molecule has 4 rings (SSSR count). The highest BCUT2D eigenvalue weighted by atomic mass is 32.1. The van der Waals surface area contributed by atoms with E-state index in [0.717, 1.165) is 63.0 Å². The highest BCUT2D eigenvalue weighted by Gasteiger charge is 2.22. The summed E-state index contributed by atoms with van der Waals surface area (Å²) in [5.41, 5.74) is 1.07. The van der Waals surface area contributed by atoms with Crippen molar-refractivity contribution in [2.45, 2.75) is 45.2 Å². The molecule has 2 aromatic heterocycles. The summed E-state index contributed by atoms with van der Waals surface area (Å²) in [6.07, 6.45) is 6.67. The lowest BCUT2D eigenvalue weighted by molar-refractivity contribution is 0.412. The third kappa shape index (κ3) is 4.10. The first kappa shape index (κ1) is 16.7. The predicted molar refractivity (Wildman–Crippen MR) is 102 cm³/mol. The van der Waals surface area contributed by atoms with E-state index in [0.29, 0.717) is 6.04 Å². The number of hydrogen-bond donors (Lipinski definition) is 1. The number of aryl methyl sites for hydroxylation is 1. The number of anilines is 2. The summed E-state index contributed by atoms with van der Waals surface area (Å²) >= 11 is 1.72. The maximum atomic E-state index is 4.86. The third-order valence-electron chi connectivity index (χ3n) is 5.06. The van der Waals surface area contributed by atoms with Crippen molar-refractivity contribution in [1.82, 2.24) is 20.3 Å². The Morgan fingerprint density at radius 1 is 1.12 bits per heavy atom. The number of piperidine rings is 1. The number of hydrogen-bond acceptors (Lipinski definition) is 7. The minimum absolute atomic E-state index is 0.570. The largest absolute Gasteiger partial charge is 0.356 e. The van der Waals surface area contributed by atoms with Gasteiger partial charge in [0.1, 0.15) is 10.8 Å². The second kappa shape index (κ2) is 7.66. The monoisotopic (exact) mass is 358 g/mol. The van der Waals surface area contributed by atoms with Gasteiger partial charge >= 0.3 is 0 Å². The second-order valence-electron chi connectivity index (χ2n) is 6.93. The Bertz CT molecular complexity index is 675. The summed E-state index contributed by atoms with van der Waals surface area (Å²) < 4.78 is 0. The summed E-state index contributed by atoms with van der Waals surface area (Å²) in [7, 11) is 0. The van der Waals surface area contributed by atoms with Crippen molar-refractivity contribution in [3.63, 3.8) is 0 Å². The normalized spacial score (nSPS) is 18.9. The van der Waals surface area contributed by atoms with Crippen molar-refractivity contribution < 1.29 is 0 Å². The smallest absolute Gasteiger partial charge is 0.227 e. The van der Waals surface area contributed by atoms with Crippen LogP contribution in [0.4, 0.5) is 11.8 Å². The molecule has 0 unspecified atom stereocenters. The molecule has 6 nitrogen and oxygen atoms in total. The topological polar surface area (TPSA) is 57.2 Å². The third-order valence-corrected chi connectivity index (χ3v) is 5.84. The van der Waals surface area contributed by atoms with Crippen LogP contribution >= 0.6 is 11.3 Å². The van der Waals surface area contributed by atoms with Gasteiger partial charge in [-0.05, 0) is 32.6 Å². The van der Waals surface area contributed by atoms with Crippen LogP contribution in [0.25, 0.3) is 0 Å². The van der Waals surface area contributed by atoms with Gasteiger partial charge in [0.25, 0.3) is 0 Å². The van der Waals surface area contributed by atoms with Crippen molar-refractivity contribution in [2.75, 3.05) is 36.0 Å². The van der Waals surface area contributed by atoms with Crippen molar-refractivity contribution in [2.24, 2.45) is 0 Å². The fourth-order valence-corrected chi connectivity index (χ4v) is 4.21. The maximum absolute atomic E-state index is 4.86. The average Bonchev–Trinajstić information content (AvgIpc) is 3.33. The average molecular weight is 359 g/mol. The lowest BCUT2D eigenvalue weighted by atomic mass is 10.1. The molecule has 0 radical (unpaired) electrons. The lowest BCUT2D eigenvalue weighted by Gasteiger charge is -2.33. The Kier molecular flexibility index (Phi) is 5.12. The van der Waals surface area contributed by atoms with E-state index in [1.165, 1.54) is 17.8 Å². The zero-order valence-corrected chi connectivity index (χ0v) is 15.6. The predicted octanol–water partition coefficient (Wildman–Crippen LogP) is 2.60. The SMILES string of the molecule is Cc1cc(N2CCC(NCc3nccs3)CC2)nc(N2CCCC2)n1. The number of thiazole rings is 1. The minimum Gasteiger partial charge on any atom is -0.356 e. The van der Waals surface area contributed by atoms with Gasteiger partial charge in [-0.3, -0.25) is 0 Å². The van der Waals surface area contributed by atoms with E-state index in [2.05, 4.69) is 38.1 Å². The first-order valence-corrected chi connectivity index (χ1v) is 10.1. The van der Waals surface area contributed by atoms with Crippen molar-refractivity contribution in [1.29, 1.82) is 0 Å². The number of rotatable bonds is 5. The molecule has 0 bridgehead atoms. The number of nitrogens with one attached hydrogen (secondary N) is 1. The van der Waals surface area contributed by atoms with Crippen LogP contribution < -0.4 is 15.1 Å². The van der Waals surface area contributed by atoms with E-state index in [4.69, 9.17) is 4.98 Å². The summed E-state index contributed by atoms with van der Waals surface area (Å²) in [4.78, 5) is 18.6. The number of aromatic nitrogens is 3. The van der Waals surface area contributed by atoms with E-state index in [-0.39, 0.29) is 0 Å². The quantitative estimate of drug-likeness (QED) is 0.887. The summed E-state index contributed by atoms with van der Waals surface area (Å²) in [6.45, 7) is 7.23. The van der Waals surface area contributed by atoms with Gasteiger partial charge in [0.2, 0.25) is 5.95 Å². The fraction of sp³-hybridized carbons (Fsp3) is 0.611. The summed E-state index contributed by atoms with van der Waals surface area (Å²) in [6, 6.07) is 2.70. The zero-order chi connectivity index (χ0) is 17.1. The van der Waals surface area contributed by atoms with Gasteiger partial charge in [-0.1, -0.05) is 0 Å². The molecular formula is C18H26N6S. The van der Waals surface area contributed by atoms with Crippen molar-refractivity contribution >= 4 is 23.1 Å². The van der Waals surface area contributed by atoms with Gasteiger partial charge in [-0.15, -0.1) is 11.3 Å². The van der Waals surface area contributed by atoms with Crippen LogP contribution in [0, 0.1) is 6.92 Å². The molecule has 2 fully saturated rings. The van der Waals surface area contributed by atoms with E-state index < -0.39 is 0 Å². The van der Waals surface area contributed by atoms with Gasteiger partial charge in [0.15, 0.2) is 0 Å². The molecule has 0 atom stereocenters. The van der Waals surface area contributed by atoms with E-state index in [1.54, 1.807) is 11.3 Å². The molecule has 0 aliphatic carbocycles. The molecular weight excluding hydrogens is 332 g/mol. The Morgan fingerprint density at radius 2 is 1.92 bits per heavy atom. The molecule has 7 heteroatoms. The van der Waals surface area contributed by atoms with Crippen LogP contribution in [-0.2, 0) is 6.54 Å². The highest BCUT2D eigenvalue weighted by Crippen LogP contribution is 2.23. The molecule has 0 spiro atoms. The Balaban J connectivity index is 1.35. The van der Waals surface area contributed by atoms with E-state index in [1.807, 2.05) is 11.6 Å². The van der Waals surface area contributed by atoms with Crippen molar-refractivity contribution in [3.05, 3.63) is 28.3 Å². The van der Waals surface area contributed by atoms with Crippen LogP contribution in [0.3, 0.4) is 0 Å². The Labute approximate surface area is 153 Å². The molecule has 2 saturated heterocycles. The van der Waals surface area contributed by atoms with Gasteiger partial charge in [-0.2, -0.15) is 4.98 Å². The minimum atomic E-state index is 0.570. The maximum Gasteiger partial charge on any atom is 0.227 e. The first-order chi connectivity index (χ1) is 12.3. The molecule has 25 heavy (non-hydrogen) atoms. The van der Waals surface area contributed by atoms with Gasteiger partial charge in [0, 0.05) is 62.1 Å². The molecule has 0 saturated carbocycles. The van der Waals surface area contributed by atoms with E-state index >= 15 is 0 Å². The van der Waals surface area contributed by atoms with Crippen LogP contribution in [0.2, 0.25) is 0 Å². The summed E-state index contributed by atoms with van der Waals surface area (Å²) in [5.74, 6) is 2.00. The molecule has 2 aliphatic rings. The Morgan fingerprint density at radius 3 is 2.64 bits per heavy atom. The zero-order valence-electron chi connectivity index (χ0n) is 14.8. The molecule has 2 aliphatic heterocycles. The van der Waals surface area contributed by atoms with Gasteiger partial charge in [0.05, 0.1) is 0 Å². The van der Waals surface area contributed by atoms with Crippen LogP contribution in [-0.4, -0.2) is 47.2 Å². The lowest BCUT2D eigenvalue weighted by Crippen LogP contribution is -2.42. The highest BCUT2D eigenvalue weighted by molar-refractivity contribution is 7.09. The van der Waals surface area contributed by atoms with Crippen LogP contribution in [0.5, 0.6) is 0 Å². The first-order valence-electron chi connectivity index (χ1n) is 9.25. The molecule has 0 amide bonds. The molecule has 134 valence electrons. The second-order valence-corrected chi connectivity index (χ2v) is 7.91. The van der Waals surface area contributed by atoms with Crippen LogP contribution in [0.15, 0.2) is 17.6 Å². The molecule has 0 aromatic carbocycles.